The molecule has 5 amide bonds. The third-order valence-electron chi connectivity index (χ3n) is 9.44. The lowest BCUT2D eigenvalue weighted by atomic mass is 10.1. The van der Waals surface area contributed by atoms with E-state index in [0.717, 1.165) is 27.0 Å². The number of ether oxygens (including phenoxy) is 4. The van der Waals surface area contributed by atoms with Gasteiger partial charge in [0.2, 0.25) is 5.60 Å². The van der Waals surface area contributed by atoms with E-state index in [-0.39, 0.29) is 57.7 Å². The van der Waals surface area contributed by atoms with Crippen molar-refractivity contribution in [1.29, 1.82) is 0 Å². The van der Waals surface area contributed by atoms with Gasteiger partial charge in [-0.15, -0.1) is 16.4 Å². The van der Waals surface area contributed by atoms with E-state index in [2.05, 4.69) is 30.9 Å². The smallest absolute Gasteiger partial charge is 0.413 e. The topological polar surface area (TPSA) is 283 Å². The molecule has 5 aromatic rings. The fourth-order valence-corrected chi connectivity index (χ4v) is 7.62. The number of nitrogens with zero attached hydrogens (tertiary/aromatic N) is 7. The van der Waals surface area contributed by atoms with Crippen molar-refractivity contribution in [2.45, 2.75) is 105 Å². The number of imide groups is 1. The molecular formula is C45H52N10O13S2. The number of amides is 5. The van der Waals surface area contributed by atoms with E-state index in [1.54, 1.807) is 53.2 Å². The van der Waals surface area contributed by atoms with Crippen LogP contribution in [-0.2, 0) is 58.7 Å². The second kappa shape index (κ2) is 20.9. The Kier molecular flexibility index (Phi) is 15.4. The van der Waals surface area contributed by atoms with Gasteiger partial charge in [-0.3, -0.25) is 24.4 Å². The molecule has 1 fully saturated rings. The zero-order valence-corrected chi connectivity index (χ0v) is 41.3. The Morgan fingerprint density at radius 3 is 2.03 bits per heavy atom. The van der Waals surface area contributed by atoms with Gasteiger partial charge in [-0.2, -0.15) is 8.42 Å². The molecule has 1 saturated heterocycles. The highest BCUT2D eigenvalue weighted by Gasteiger charge is 2.44. The lowest BCUT2D eigenvalue weighted by Crippen LogP contribution is -2.68. The van der Waals surface area contributed by atoms with Crippen LogP contribution in [0.5, 0.6) is 11.5 Å². The van der Waals surface area contributed by atoms with Crippen LogP contribution in [0.25, 0.3) is 11.5 Å². The first-order valence-corrected chi connectivity index (χ1v) is 23.8. The molecule has 3 aromatic heterocycles. The van der Waals surface area contributed by atoms with Crippen LogP contribution in [0.3, 0.4) is 0 Å². The van der Waals surface area contributed by atoms with E-state index in [4.69, 9.17) is 23.8 Å². The summed E-state index contributed by atoms with van der Waals surface area (Å²) in [7, 11) is -5.12. The van der Waals surface area contributed by atoms with Gasteiger partial charge in [-0.1, -0.05) is 69.9 Å². The third-order valence-corrected chi connectivity index (χ3v) is 11.3. The number of nitrogens with one attached hydrogen (secondary N) is 3. The minimum absolute atomic E-state index is 0.00849. The highest BCUT2D eigenvalue weighted by Crippen LogP contribution is 2.32. The van der Waals surface area contributed by atoms with Crippen molar-refractivity contribution >= 4 is 62.3 Å². The Hall–Kier alpha value is -7.67. The normalized spacial score (nSPS) is 14.2. The Balaban J connectivity index is 1.17. The van der Waals surface area contributed by atoms with Gasteiger partial charge in [-0.25, -0.2) is 33.9 Å². The zero-order valence-electron chi connectivity index (χ0n) is 39.7. The molecule has 70 heavy (non-hydrogen) atoms. The van der Waals surface area contributed by atoms with Crippen molar-refractivity contribution in [3.63, 3.8) is 0 Å². The summed E-state index contributed by atoms with van der Waals surface area (Å²) in [6.07, 6.45) is 0.517. The van der Waals surface area contributed by atoms with Gasteiger partial charge >= 0.3 is 34.0 Å². The number of β-lactam (4-membered cyclic amide) rings is 1. The van der Waals surface area contributed by atoms with Crippen molar-refractivity contribution in [2.75, 3.05) is 11.9 Å². The highest BCUT2D eigenvalue weighted by atomic mass is 32.2. The molecule has 0 bridgehead atoms. The molecule has 1 atom stereocenters. The Morgan fingerprint density at radius 1 is 0.857 bits per heavy atom. The predicted molar refractivity (Wildman–Crippen MR) is 253 cm³/mol. The van der Waals surface area contributed by atoms with E-state index in [1.807, 2.05) is 60.7 Å². The van der Waals surface area contributed by atoms with Crippen LogP contribution in [0.4, 0.5) is 14.7 Å². The SMILES string of the molecule is CCn1c(-c2cc(OCc3ccccc3)c(OCc3ccccc3)cn2)nn(S(=O)(=O)NC(=O)N2C[C@H](NC(=O)C(=NOC(C)(C)C(=O)OC(C)(C)C)c3csc(NC(=O)OC(C)(C)C)n3)C2=O)c1=O. The molecule has 1 aliphatic heterocycles. The van der Waals surface area contributed by atoms with E-state index in [0.29, 0.717) is 4.90 Å². The lowest BCUT2D eigenvalue weighted by molar-refractivity contribution is -0.179. The average molecular weight is 1010 g/mol. The number of anilines is 1. The van der Waals surface area contributed by atoms with Gasteiger partial charge < -0.3 is 29.1 Å². The van der Waals surface area contributed by atoms with Crippen LogP contribution in [-0.4, -0.2) is 102 Å². The first-order chi connectivity index (χ1) is 32.8. The molecular weight excluding hydrogens is 953 g/mol. The standard InChI is InChI=1S/C45H52N10O13S2/c1-10-53-35(29-21-32(64-24-27-17-13-11-14-18-27)33(22-46-29)65-25-28-19-15-12-16-20-28)50-55(42(53)61)70(62,63)52-40(59)54-23-30(37(54)57)47-36(56)34(51-68-45(8,9)38(58)66-43(2,3)4)31-26-69-39(48-31)49-41(60)67-44(5,6)7/h11-22,26,30H,10,23-25H2,1-9H3,(H,47,56)(H,52,59)(H,48,49,60)/t30-/m0/s1. The summed E-state index contributed by atoms with van der Waals surface area (Å²) < 4.78 is 52.8. The summed E-state index contributed by atoms with van der Waals surface area (Å²) in [5, 5.41) is 14.1. The van der Waals surface area contributed by atoms with E-state index >= 15 is 0 Å². The number of rotatable bonds is 17. The number of benzene rings is 2. The molecule has 4 heterocycles. The summed E-state index contributed by atoms with van der Waals surface area (Å²) in [6, 6.07) is 17.2. The van der Waals surface area contributed by atoms with Gasteiger partial charge in [0.05, 0.1) is 12.7 Å². The summed E-state index contributed by atoms with van der Waals surface area (Å²) in [5.74, 6) is -2.67. The molecule has 1 aliphatic rings. The van der Waals surface area contributed by atoms with Gasteiger partial charge in [0.15, 0.2) is 28.2 Å². The monoisotopic (exact) mass is 1000 g/mol. The number of hydrogen-bond donors (Lipinski definition) is 3. The Morgan fingerprint density at radius 2 is 1.46 bits per heavy atom. The number of carbonyl (C=O) groups is 5. The summed E-state index contributed by atoms with van der Waals surface area (Å²) in [5.41, 5.74) is -3.61. The molecule has 23 nitrogen and oxygen atoms in total. The zero-order chi connectivity index (χ0) is 51.2. The molecule has 0 unspecified atom stereocenters. The Bertz CT molecular complexity index is 2960. The highest BCUT2D eigenvalue weighted by molar-refractivity contribution is 7.88. The second-order valence-corrected chi connectivity index (χ2v) is 20.2. The Labute approximate surface area is 406 Å². The average Bonchev–Trinajstić information content (AvgIpc) is 3.89. The maximum atomic E-state index is 13.7. The maximum absolute atomic E-state index is 13.7. The number of hydrogen-bond acceptors (Lipinski definition) is 18. The molecule has 0 aliphatic carbocycles. The number of urea groups is 1. The van der Waals surface area contributed by atoms with Crippen molar-refractivity contribution in [3.05, 3.63) is 106 Å². The lowest BCUT2D eigenvalue weighted by Gasteiger charge is -2.36. The maximum Gasteiger partial charge on any atom is 0.413 e. The number of likely N-dealkylation sites (tertiary alicyclic amines) is 1. The number of pyridine rings is 1. The predicted octanol–water partition coefficient (Wildman–Crippen LogP) is 4.76. The summed E-state index contributed by atoms with van der Waals surface area (Å²) in [6.45, 7) is 13.8. The fourth-order valence-electron chi connectivity index (χ4n) is 6.03. The molecule has 0 spiro atoms. The summed E-state index contributed by atoms with van der Waals surface area (Å²) >= 11 is 0.889. The van der Waals surface area contributed by atoms with Crippen molar-refractivity contribution in [1.82, 2.24) is 38.7 Å². The molecule has 372 valence electrons. The number of oxime groups is 1. The molecule has 2 aromatic carbocycles. The van der Waals surface area contributed by atoms with Crippen LogP contribution < -0.4 is 30.5 Å². The van der Waals surface area contributed by atoms with Crippen LogP contribution in [0, 0.1) is 0 Å². The van der Waals surface area contributed by atoms with E-state index in [1.165, 1.54) is 31.5 Å². The van der Waals surface area contributed by atoms with Gasteiger partial charge in [0.1, 0.15) is 41.8 Å². The van der Waals surface area contributed by atoms with Crippen LogP contribution in [0.15, 0.2) is 88.3 Å². The first kappa shape index (κ1) is 51.7. The molecule has 0 radical (unpaired) electrons. The number of carbonyl (C=O) groups excluding carboxylic acids is 5. The number of thiazole rings is 1. The van der Waals surface area contributed by atoms with Crippen molar-refractivity contribution < 1.29 is 56.2 Å². The fraction of sp³-hybridized carbons (Fsp3) is 0.378. The van der Waals surface area contributed by atoms with Gasteiger partial charge in [0, 0.05) is 18.0 Å². The number of esters is 1. The van der Waals surface area contributed by atoms with Crippen LogP contribution >= 0.6 is 11.3 Å². The minimum atomic E-state index is -5.12. The van der Waals surface area contributed by atoms with Crippen molar-refractivity contribution in [2.24, 2.45) is 5.16 Å². The van der Waals surface area contributed by atoms with Crippen molar-refractivity contribution in [3.8, 4) is 23.0 Å². The van der Waals surface area contributed by atoms with E-state index in [9.17, 15) is 37.2 Å². The van der Waals surface area contributed by atoms with E-state index < -0.39 is 80.9 Å². The largest absolute Gasteiger partial charge is 0.485 e. The second-order valence-electron chi connectivity index (χ2n) is 17.9. The molecule has 6 rings (SSSR count). The molecule has 3 N–H and O–H groups in total. The number of aromatic nitrogens is 5. The quantitative estimate of drug-likeness (QED) is 0.0490. The van der Waals surface area contributed by atoms with Crippen LogP contribution in [0.2, 0.25) is 0 Å². The summed E-state index contributed by atoms with van der Waals surface area (Å²) in [4.78, 5) is 93.9. The van der Waals surface area contributed by atoms with Gasteiger partial charge in [-0.05, 0) is 73.4 Å². The van der Waals surface area contributed by atoms with Crippen LogP contribution in [0.1, 0.15) is 79.1 Å². The third kappa shape index (κ3) is 13.1. The molecule has 25 heteroatoms. The first-order valence-electron chi connectivity index (χ1n) is 21.5. The van der Waals surface area contributed by atoms with Gasteiger partial charge in [0.25, 0.3) is 11.8 Å². The minimum Gasteiger partial charge on any atom is -0.485 e. The molecule has 0 saturated carbocycles.